The van der Waals surface area contributed by atoms with Crippen LogP contribution in [-0.4, -0.2) is 31.8 Å². The number of hydrogen-bond acceptors (Lipinski definition) is 8. The summed E-state index contributed by atoms with van der Waals surface area (Å²) < 4.78 is 34.8. The van der Waals surface area contributed by atoms with Gasteiger partial charge in [-0.25, -0.2) is 0 Å². The minimum Gasteiger partial charge on any atom is -0.343 e. The van der Waals surface area contributed by atoms with E-state index in [1.807, 2.05) is 0 Å². The molecule has 130 valence electrons. The largest absolute Gasteiger partial charge is 0.400 e. The molecule has 11 heteroatoms. The summed E-state index contributed by atoms with van der Waals surface area (Å²) in [5, 5.41) is 3.36. The Hall–Kier alpha value is -2.33. The van der Waals surface area contributed by atoms with Crippen LogP contribution in [0.4, 0.5) is 8.78 Å². The average Bonchev–Trinajstić information content (AvgIpc) is 3.26. The van der Waals surface area contributed by atoms with E-state index in [0.717, 1.165) is 0 Å². The van der Waals surface area contributed by atoms with Crippen molar-refractivity contribution in [1.29, 1.82) is 0 Å². The maximum Gasteiger partial charge on any atom is 0.400 e. The van der Waals surface area contributed by atoms with Gasteiger partial charge in [0, 0.05) is 11.1 Å². The van der Waals surface area contributed by atoms with E-state index >= 15 is 0 Å². The number of carbonyl (C=O) groups excluding carboxylic acids is 1. The summed E-state index contributed by atoms with van der Waals surface area (Å²) in [5.41, 5.74) is 0.891. The summed E-state index contributed by atoms with van der Waals surface area (Å²) in [4.78, 5) is 19.5. The molecule has 0 atom stereocenters. The zero-order valence-electron chi connectivity index (χ0n) is 12.4. The fraction of sp³-hybridized carbons (Fsp3) is 0.214. The second kappa shape index (κ2) is 7.28. The maximum atomic E-state index is 12.9. The normalized spacial score (nSPS) is 11.6. The monoisotopic (exact) mass is 386 g/mol. The van der Waals surface area contributed by atoms with Crippen molar-refractivity contribution in [2.75, 3.05) is 5.75 Å². The Labute approximate surface area is 148 Å². The lowest BCUT2D eigenvalue weighted by Crippen LogP contribution is -2.03. The molecule has 0 aliphatic heterocycles. The first-order valence-electron chi connectivity index (χ1n) is 6.81. The highest BCUT2D eigenvalue weighted by Gasteiger charge is 2.35. The van der Waals surface area contributed by atoms with Crippen molar-refractivity contribution < 1.29 is 22.6 Å². The zero-order chi connectivity index (χ0) is 17.9. The molecule has 0 fully saturated rings. The van der Waals surface area contributed by atoms with Crippen molar-refractivity contribution in [3.63, 3.8) is 0 Å². The van der Waals surface area contributed by atoms with Crippen molar-refractivity contribution in [2.45, 2.75) is 11.1 Å². The summed E-state index contributed by atoms with van der Waals surface area (Å²) in [5.74, 6) is 0.0819. The van der Waals surface area contributed by atoms with E-state index in [-0.39, 0.29) is 17.4 Å². The molecule has 0 aliphatic carbocycles. The van der Waals surface area contributed by atoms with Gasteiger partial charge in [-0.05, 0) is 11.6 Å². The zero-order valence-corrected chi connectivity index (χ0v) is 13.9. The summed E-state index contributed by atoms with van der Waals surface area (Å²) in [6.45, 7) is 0. The molecule has 1 aromatic carbocycles. The number of carbonyl (C=O) groups is 1. The van der Waals surface area contributed by atoms with Crippen LogP contribution in [0.2, 0.25) is 0 Å². The molecule has 0 amide bonds. The van der Waals surface area contributed by atoms with Gasteiger partial charge in [-0.3, -0.25) is 4.79 Å². The quantitative estimate of drug-likeness (QED) is 0.449. The van der Waals surface area contributed by atoms with Gasteiger partial charge in [0.15, 0.2) is 11.6 Å². The van der Waals surface area contributed by atoms with E-state index < -0.39 is 11.3 Å². The predicted octanol–water partition coefficient (Wildman–Crippen LogP) is 3.52. The van der Waals surface area contributed by atoms with Crippen LogP contribution in [0.5, 0.6) is 0 Å². The highest BCUT2D eigenvalue weighted by Crippen LogP contribution is 2.32. The minimum atomic E-state index is -3.73. The summed E-state index contributed by atoms with van der Waals surface area (Å²) in [6.07, 6.45) is 1.22. The fourth-order valence-corrected chi connectivity index (χ4v) is 2.68. The Morgan fingerprint density at radius 3 is 2.60 bits per heavy atom. The highest BCUT2D eigenvalue weighted by atomic mass is 35.5. The first-order valence-corrected chi connectivity index (χ1v) is 8.34. The van der Waals surface area contributed by atoms with Crippen molar-refractivity contribution in [3.8, 4) is 11.4 Å². The molecular formula is C14H9ClF2N4O3S. The Morgan fingerprint density at radius 1 is 1.24 bits per heavy atom. The van der Waals surface area contributed by atoms with Crippen LogP contribution >= 0.6 is 23.4 Å². The molecular weight excluding hydrogens is 378 g/mol. The number of benzene rings is 1. The van der Waals surface area contributed by atoms with Gasteiger partial charge in [0.1, 0.15) is 0 Å². The van der Waals surface area contributed by atoms with Gasteiger partial charge in [0.2, 0.25) is 12.2 Å². The molecule has 2 heterocycles. The maximum absolute atomic E-state index is 12.9. The second-order valence-corrected chi connectivity index (χ2v) is 6.22. The van der Waals surface area contributed by atoms with E-state index in [9.17, 15) is 13.6 Å². The predicted molar refractivity (Wildman–Crippen MR) is 84.3 cm³/mol. The third-order valence-corrected chi connectivity index (χ3v) is 4.10. The van der Waals surface area contributed by atoms with Gasteiger partial charge in [0.05, 0.1) is 11.5 Å². The Morgan fingerprint density at radius 2 is 2.00 bits per heavy atom. The third kappa shape index (κ3) is 4.40. The van der Waals surface area contributed by atoms with Crippen LogP contribution in [0.3, 0.4) is 0 Å². The van der Waals surface area contributed by atoms with E-state index in [2.05, 4.69) is 29.3 Å². The number of alkyl halides is 3. The molecule has 0 saturated heterocycles. The SMILES string of the molecule is O=C(CSCc1ncon1)c1ccc(-c2noc(C(F)(F)Cl)n2)cc1. The van der Waals surface area contributed by atoms with E-state index in [4.69, 9.17) is 11.6 Å². The number of nitrogens with zero attached hydrogens (tertiary/aromatic N) is 4. The number of Topliss-reactive ketones (excluding diaryl/α,β-unsaturated/α-hetero) is 1. The highest BCUT2D eigenvalue weighted by molar-refractivity contribution is 7.99. The van der Waals surface area contributed by atoms with Gasteiger partial charge >= 0.3 is 11.3 Å². The van der Waals surface area contributed by atoms with Crippen LogP contribution in [-0.2, 0) is 11.1 Å². The topological polar surface area (TPSA) is 94.9 Å². The Bertz CT molecular complexity index is 850. The minimum absolute atomic E-state index is 0.0409. The summed E-state index contributed by atoms with van der Waals surface area (Å²) >= 11 is 6.17. The lowest BCUT2D eigenvalue weighted by molar-refractivity contribution is 0.0551. The molecule has 7 nitrogen and oxygen atoms in total. The van der Waals surface area contributed by atoms with Crippen LogP contribution in [0.25, 0.3) is 11.4 Å². The van der Waals surface area contributed by atoms with Crippen LogP contribution in [0, 0.1) is 0 Å². The average molecular weight is 387 g/mol. The number of aromatic nitrogens is 4. The molecule has 0 unspecified atom stereocenters. The number of hydrogen-bond donors (Lipinski definition) is 0. The summed E-state index contributed by atoms with van der Waals surface area (Å²) in [6, 6.07) is 6.19. The molecule has 3 aromatic rings. The van der Waals surface area contributed by atoms with Crippen molar-refractivity contribution in [1.82, 2.24) is 20.3 Å². The first-order chi connectivity index (χ1) is 11.9. The smallest absolute Gasteiger partial charge is 0.343 e. The van der Waals surface area contributed by atoms with Gasteiger partial charge in [0.25, 0.3) is 0 Å². The second-order valence-electron chi connectivity index (χ2n) is 4.76. The van der Waals surface area contributed by atoms with Crippen molar-refractivity contribution in [2.24, 2.45) is 0 Å². The van der Waals surface area contributed by atoms with E-state index in [1.54, 1.807) is 12.1 Å². The van der Waals surface area contributed by atoms with Gasteiger partial charge in [-0.2, -0.15) is 18.7 Å². The molecule has 0 bridgehead atoms. The molecule has 2 aromatic heterocycles. The molecule has 0 saturated carbocycles. The number of rotatable bonds is 7. The van der Waals surface area contributed by atoms with E-state index in [1.165, 1.54) is 30.3 Å². The molecule has 0 radical (unpaired) electrons. The van der Waals surface area contributed by atoms with Crippen LogP contribution in [0.1, 0.15) is 22.1 Å². The van der Waals surface area contributed by atoms with Gasteiger partial charge < -0.3 is 9.05 Å². The van der Waals surface area contributed by atoms with Gasteiger partial charge in [-0.15, -0.1) is 11.8 Å². The molecule has 0 aliphatic rings. The number of ketones is 1. The van der Waals surface area contributed by atoms with Crippen LogP contribution < -0.4 is 0 Å². The van der Waals surface area contributed by atoms with Crippen molar-refractivity contribution in [3.05, 3.63) is 47.9 Å². The Balaban J connectivity index is 1.61. The lowest BCUT2D eigenvalue weighted by atomic mass is 10.1. The standard InChI is InChI=1S/C14H9ClF2N4O3S/c15-14(16,17)13-19-12(21-24-13)9-3-1-8(2-4-9)10(22)5-25-6-11-18-7-23-20-11/h1-4,7H,5-6H2. The molecule has 0 spiro atoms. The molecule has 3 rings (SSSR count). The van der Waals surface area contributed by atoms with Crippen molar-refractivity contribution >= 4 is 29.1 Å². The summed E-state index contributed by atoms with van der Waals surface area (Å²) in [7, 11) is 0. The lowest BCUT2D eigenvalue weighted by Gasteiger charge is -2.01. The Kier molecular flexibility index (Phi) is 5.09. The van der Waals surface area contributed by atoms with E-state index in [0.29, 0.717) is 22.7 Å². The molecule has 0 N–H and O–H groups in total. The van der Waals surface area contributed by atoms with Gasteiger partial charge in [-0.1, -0.05) is 34.6 Å². The number of halogens is 3. The molecule has 25 heavy (non-hydrogen) atoms. The third-order valence-electron chi connectivity index (χ3n) is 3.00. The first kappa shape index (κ1) is 17.5. The fourth-order valence-electron chi connectivity index (χ4n) is 1.84. The number of thioether (sulfide) groups is 1. The van der Waals surface area contributed by atoms with Crippen LogP contribution in [0.15, 0.2) is 39.7 Å².